The van der Waals surface area contributed by atoms with Crippen LogP contribution in [0.4, 0.5) is 4.39 Å². The first-order chi connectivity index (χ1) is 11.6. The fourth-order valence-electron chi connectivity index (χ4n) is 3.80. The summed E-state index contributed by atoms with van der Waals surface area (Å²) in [7, 11) is 1.56. The average molecular weight is 376 g/mol. The van der Waals surface area contributed by atoms with Crippen molar-refractivity contribution in [2.75, 3.05) is 40.0 Å². The number of hydrogen-bond acceptors (Lipinski definition) is 5. The Hall–Kier alpha value is -0.920. The molecule has 5 nitrogen and oxygen atoms in total. The third kappa shape index (κ3) is 4.63. The first-order valence-electron chi connectivity index (χ1n) is 8.58. The Bertz CT molecular complexity index is 530. The van der Waals surface area contributed by atoms with Gasteiger partial charge in [-0.1, -0.05) is 0 Å². The second-order valence-electron chi connectivity index (χ2n) is 6.57. The maximum Gasteiger partial charge on any atom is 0.123 e. The van der Waals surface area contributed by atoms with E-state index in [9.17, 15) is 9.50 Å². The second-order valence-corrected chi connectivity index (χ2v) is 6.57. The largest absolute Gasteiger partial charge is 0.496 e. The highest BCUT2D eigenvalue weighted by Crippen LogP contribution is 2.37. The summed E-state index contributed by atoms with van der Waals surface area (Å²) < 4.78 is 30.4. The van der Waals surface area contributed by atoms with Gasteiger partial charge in [0.05, 0.1) is 25.4 Å². The third-order valence-corrected chi connectivity index (χ3v) is 5.13. The SMILES string of the molecule is COc1ccc(F)cc1C[C@](O)(C1CCOCC1)[C@@H]1CNCCO1.Cl. The maximum atomic E-state index is 13.7. The van der Waals surface area contributed by atoms with E-state index >= 15 is 0 Å². The molecule has 0 saturated carbocycles. The van der Waals surface area contributed by atoms with Gasteiger partial charge in [0.15, 0.2) is 0 Å². The molecule has 2 saturated heterocycles. The maximum absolute atomic E-state index is 13.7. The fourth-order valence-corrected chi connectivity index (χ4v) is 3.80. The van der Waals surface area contributed by atoms with Crippen molar-refractivity contribution in [1.82, 2.24) is 5.32 Å². The van der Waals surface area contributed by atoms with Crippen molar-refractivity contribution in [2.45, 2.75) is 31.0 Å². The average Bonchev–Trinajstić information content (AvgIpc) is 2.63. The normalized spacial score (nSPS) is 24.2. The zero-order chi connectivity index (χ0) is 17.0. The molecule has 3 rings (SSSR count). The molecule has 2 atom stereocenters. The smallest absolute Gasteiger partial charge is 0.123 e. The van der Waals surface area contributed by atoms with Gasteiger partial charge >= 0.3 is 0 Å². The van der Waals surface area contributed by atoms with Crippen LogP contribution < -0.4 is 10.1 Å². The molecule has 0 aliphatic carbocycles. The second kappa shape index (κ2) is 9.14. The number of methoxy groups -OCH3 is 1. The van der Waals surface area contributed by atoms with Crippen molar-refractivity contribution in [3.63, 3.8) is 0 Å². The summed E-state index contributed by atoms with van der Waals surface area (Å²) in [6, 6.07) is 4.42. The topological polar surface area (TPSA) is 60.0 Å². The van der Waals surface area contributed by atoms with Gasteiger partial charge in [-0.3, -0.25) is 0 Å². The van der Waals surface area contributed by atoms with Crippen LogP contribution in [-0.4, -0.2) is 56.8 Å². The van der Waals surface area contributed by atoms with Gasteiger partial charge in [0, 0.05) is 32.7 Å². The van der Waals surface area contributed by atoms with Crippen molar-refractivity contribution in [3.05, 3.63) is 29.6 Å². The lowest BCUT2D eigenvalue weighted by molar-refractivity contribution is -0.163. The Morgan fingerprint density at radius 3 is 2.72 bits per heavy atom. The van der Waals surface area contributed by atoms with Crippen LogP contribution in [0, 0.1) is 11.7 Å². The van der Waals surface area contributed by atoms with E-state index in [-0.39, 0.29) is 30.2 Å². The first kappa shape index (κ1) is 20.4. The summed E-state index contributed by atoms with van der Waals surface area (Å²) in [6.07, 6.45) is 1.51. The summed E-state index contributed by atoms with van der Waals surface area (Å²) in [4.78, 5) is 0. The van der Waals surface area contributed by atoms with Gasteiger partial charge in [0.1, 0.15) is 11.6 Å². The van der Waals surface area contributed by atoms with Crippen LogP contribution >= 0.6 is 12.4 Å². The summed E-state index contributed by atoms with van der Waals surface area (Å²) >= 11 is 0. The van der Waals surface area contributed by atoms with Crippen molar-refractivity contribution < 1.29 is 23.7 Å². The van der Waals surface area contributed by atoms with Crippen LogP contribution in [0.5, 0.6) is 5.75 Å². The zero-order valence-electron chi connectivity index (χ0n) is 14.5. The van der Waals surface area contributed by atoms with Crippen LogP contribution in [0.25, 0.3) is 0 Å². The molecule has 0 unspecified atom stereocenters. The molecule has 0 aromatic heterocycles. The van der Waals surface area contributed by atoms with Gasteiger partial charge in [0.25, 0.3) is 0 Å². The molecular formula is C18H27ClFNO4. The van der Waals surface area contributed by atoms with Gasteiger partial charge in [-0.15, -0.1) is 12.4 Å². The highest BCUT2D eigenvalue weighted by molar-refractivity contribution is 5.85. The molecule has 25 heavy (non-hydrogen) atoms. The lowest BCUT2D eigenvalue weighted by Gasteiger charge is -2.45. The Morgan fingerprint density at radius 1 is 1.32 bits per heavy atom. The molecule has 2 fully saturated rings. The molecular weight excluding hydrogens is 349 g/mol. The molecule has 0 spiro atoms. The zero-order valence-corrected chi connectivity index (χ0v) is 15.3. The van der Waals surface area contributed by atoms with Crippen LogP contribution in [0.2, 0.25) is 0 Å². The van der Waals surface area contributed by atoms with Crippen LogP contribution in [0.1, 0.15) is 18.4 Å². The van der Waals surface area contributed by atoms with Gasteiger partial charge in [0.2, 0.25) is 0 Å². The molecule has 7 heteroatoms. The minimum Gasteiger partial charge on any atom is -0.496 e. The standard InChI is InChI=1S/C18H26FNO4.ClH/c1-22-16-3-2-15(19)10-13(16)11-18(21,14-4-7-23-8-5-14)17-12-20-6-9-24-17;/h2-3,10,14,17,20-21H,4-9,11-12H2,1H3;1H/t17-,18-;/m0./s1. The summed E-state index contributed by atoms with van der Waals surface area (Å²) in [5, 5.41) is 14.9. The number of rotatable bonds is 5. The van der Waals surface area contributed by atoms with E-state index in [0.29, 0.717) is 44.1 Å². The number of ether oxygens (including phenoxy) is 3. The van der Waals surface area contributed by atoms with Crippen molar-refractivity contribution in [2.24, 2.45) is 5.92 Å². The quantitative estimate of drug-likeness (QED) is 0.823. The molecule has 1 aromatic carbocycles. The van der Waals surface area contributed by atoms with Crippen LogP contribution in [0.3, 0.4) is 0 Å². The van der Waals surface area contributed by atoms with Crippen molar-refractivity contribution >= 4 is 12.4 Å². The minimum absolute atomic E-state index is 0. The van der Waals surface area contributed by atoms with E-state index < -0.39 is 5.60 Å². The van der Waals surface area contributed by atoms with Gasteiger partial charge in [-0.25, -0.2) is 4.39 Å². The number of benzene rings is 1. The predicted octanol–water partition coefficient (Wildman–Crippen LogP) is 1.94. The number of nitrogens with one attached hydrogen (secondary N) is 1. The monoisotopic (exact) mass is 375 g/mol. The number of aliphatic hydroxyl groups is 1. The Balaban J connectivity index is 0.00000225. The third-order valence-electron chi connectivity index (χ3n) is 5.13. The molecule has 142 valence electrons. The van der Waals surface area contributed by atoms with E-state index in [2.05, 4.69) is 5.32 Å². The van der Waals surface area contributed by atoms with Crippen molar-refractivity contribution in [1.29, 1.82) is 0 Å². The molecule has 2 N–H and O–H groups in total. The van der Waals surface area contributed by atoms with Crippen molar-refractivity contribution in [3.8, 4) is 5.75 Å². The molecule has 2 aliphatic heterocycles. The lowest BCUT2D eigenvalue weighted by atomic mass is 9.74. The highest BCUT2D eigenvalue weighted by atomic mass is 35.5. The number of hydrogen-bond donors (Lipinski definition) is 2. The molecule has 0 radical (unpaired) electrons. The summed E-state index contributed by atoms with van der Waals surface area (Å²) in [6.45, 7) is 3.20. The number of halogens is 2. The minimum atomic E-state index is -1.09. The molecule has 1 aromatic rings. The summed E-state index contributed by atoms with van der Waals surface area (Å²) in [5.74, 6) is 0.303. The first-order valence-corrected chi connectivity index (χ1v) is 8.58. The van der Waals surface area contributed by atoms with E-state index in [0.717, 1.165) is 19.4 Å². The van der Waals surface area contributed by atoms with Crippen LogP contribution in [0.15, 0.2) is 18.2 Å². The lowest BCUT2D eigenvalue weighted by Crippen LogP contribution is -2.59. The number of morpholine rings is 1. The Morgan fingerprint density at radius 2 is 2.08 bits per heavy atom. The van der Waals surface area contributed by atoms with Gasteiger partial charge in [-0.2, -0.15) is 0 Å². The Labute approximate surface area is 154 Å². The fraction of sp³-hybridized carbons (Fsp3) is 0.667. The van der Waals surface area contributed by atoms with Crippen LogP contribution in [-0.2, 0) is 15.9 Å². The Kier molecular flexibility index (Phi) is 7.46. The highest BCUT2D eigenvalue weighted by Gasteiger charge is 2.46. The summed E-state index contributed by atoms with van der Waals surface area (Å²) in [5.41, 5.74) is -0.418. The predicted molar refractivity (Wildman–Crippen MR) is 95.0 cm³/mol. The van der Waals surface area contributed by atoms with E-state index in [1.165, 1.54) is 12.1 Å². The molecule has 0 amide bonds. The van der Waals surface area contributed by atoms with Gasteiger partial charge < -0.3 is 24.6 Å². The van der Waals surface area contributed by atoms with E-state index in [1.54, 1.807) is 13.2 Å². The molecule has 2 aliphatic rings. The van der Waals surface area contributed by atoms with E-state index in [4.69, 9.17) is 14.2 Å². The van der Waals surface area contributed by atoms with E-state index in [1.807, 2.05) is 0 Å². The molecule has 0 bridgehead atoms. The molecule has 2 heterocycles. The van der Waals surface area contributed by atoms with Gasteiger partial charge in [-0.05, 0) is 42.5 Å².